The molecule has 1 amide bonds. The van der Waals surface area contributed by atoms with Crippen molar-refractivity contribution in [2.75, 3.05) is 5.32 Å². The third-order valence-electron chi connectivity index (χ3n) is 2.70. The van der Waals surface area contributed by atoms with E-state index in [0.717, 1.165) is 11.1 Å². The molecule has 0 bridgehead atoms. The van der Waals surface area contributed by atoms with Crippen LogP contribution in [0, 0.1) is 11.3 Å². The number of anilines is 1. The summed E-state index contributed by atoms with van der Waals surface area (Å²) in [4.78, 5) is 18.4. The zero-order valence-electron chi connectivity index (χ0n) is 11.3. The molecule has 0 aliphatic heterocycles. The van der Waals surface area contributed by atoms with Gasteiger partial charge in [-0.05, 0) is 26.0 Å². The average Bonchev–Trinajstić information content (AvgIpc) is 2.77. The summed E-state index contributed by atoms with van der Waals surface area (Å²) >= 11 is 0. The molecule has 6 nitrogen and oxygen atoms in total. The van der Waals surface area contributed by atoms with Crippen molar-refractivity contribution in [3.05, 3.63) is 29.6 Å². The zero-order chi connectivity index (χ0) is 14.7. The maximum atomic E-state index is 11.1. The maximum Gasteiger partial charge on any atom is 0.259 e. The topological polar surface area (TPSA) is 108 Å². The van der Waals surface area contributed by atoms with E-state index in [-0.39, 0.29) is 11.6 Å². The number of hydrogen-bond acceptors (Lipinski definition) is 4. The first kappa shape index (κ1) is 13.6. The molecule has 4 N–H and O–H groups in total. The van der Waals surface area contributed by atoms with Crippen LogP contribution in [0.5, 0.6) is 0 Å². The highest BCUT2D eigenvalue weighted by Crippen LogP contribution is 2.22. The van der Waals surface area contributed by atoms with Gasteiger partial charge in [-0.1, -0.05) is 0 Å². The summed E-state index contributed by atoms with van der Waals surface area (Å²) in [6.07, 6.45) is 4.88. The number of amides is 1. The fourth-order valence-corrected chi connectivity index (χ4v) is 1.87. The van der Waals surface area contributed by atoms with Gasteiger partial charge in [-0.2, -0.15) is 5.26 Å². The van der Waals surface area contributed by atoms with E-state index in [9.17, 15) is 4.79 Å². The number of H-pyrrole nitrogens is 1. The molecule has 0 spiro atoms. The summed E-state index contributed by atoms with van der Waals surface area (Å²) in [6.45, 7) is 4.06. The fourth-order valence-electron chi connectivity index (χ4n) is 1.87. The van der Waals surface area contributed by atoms with E-state index in [1.807, 2.05) is 19.9 Å². The number of carbonyl (C=O) groups is 1. The molecule has 6 heteroatoms. The molecular weight excluding hydrogens is 254 g/mol. The van der Waals surface area contributed by atoms with Crippen molar-refractivity contribution in [3.8, 4) is 6.07 Å². The predicted molar refractivity (Wildman–Crippen MR) is 77.6 cm³/mol. The highest BCUT2D eigenvalue weighted by Gasteiger charge is 2.08. The minimum absolute atomic E-state index is 0.0897. The normalized spacial score (nSPS) is 11.6. The Morgan fingerprint density at radius 2 is 2.35 bits per heavy atom. The fraction of sp³-hybridized carbons (Fsp3) is 0.214. The van der Waals surface area contributed by atoms with Crippen molar-refractivity contribution in [2.45, 2.75) is 19.9 Å². The minimum atomic E-state index is -0.744. The number of hydrogen-bond donors (Lipinski definition) is 3. The molecule has 2 heterocycles. The SMILES string of the molecule is CC(C)Nc1cnc2[nH]cc(/C=C(\C#N)C(N)=O)c2c1. The zero-order valence-corrected chi connectivity index (χ0v) is 11.3. The van der Waals surface area contributed by atoms with Gasteiger partial charge in [-0.15, -0.1) is 0 Å². The van der Waals surface area contributed by atoms with Gasteiger partial charge in [0, 0.05) is 23.2 Å². The molecule has 2 aromatic rings. The first-order valence-corrected chi connectivity index (χ1v) is 6.16. The predicted octanol–water partition coefficient (Wildman–Crippen LogP) is 1.78. The van der Waals surface area contributed by atoms with Crippen LogP contribution < -0.4 is 11.1 Å². The van der Waals surface area contributed by atoms with Crippen LogP contribution in [0.2, 0.25) is 0 Å². The van der Waals surface area contributed by atoms with Crippen molar-refractivity contribution in [1.29, 1.82) is 5.26 Å². The van der Waals surface area contributed by atoms with Crippen LogP contribution in [0.15, 0.2) is 24.0 Å². The number of aromatic nitrogens is 2. The van der Waals surface area contributed by atoms with E-state index < -0.39 is 5.91 Å². The molecule has 0 unspecified atom stereocenters. The number of fused-ring (bicyclic) bond motifs is 1. The number of pyridine rings is 1. The van der Waals surface area contributed by atoms with E-state index in [1.165, 1.54) is 6.08 Å². The van der Waals surface area contributed by atoms with E-state index in [4.69, 9.17) is 11.0 Å². The number of nitriles is 1. The number of nitrogens with two attached hydrogens (primary N) is 1. The van der Waals surface area contributed by atoms with Crippen LogP contribution in [0.4, 0.5) is 5.69 Å². The molecule has 0 saturated heterocycles. The van der Waals surface area contributed by atoms with Crippen LogP contribution >= 0.6 is 0 Å². The van der Waals surface area contributed by atoms with Gasteiger partial charge >= 0.3 is 0 Å². The molecule has 2 rings (SSSR count). The first-order chi connectivity index (χ1) is 9.51. The molecule has 2 aromatic heterocycles. The standard InChI is InChI=1S/C14H15N5O/c1-8(2)19-11-4-12-10(3-9(5-15)13(16)20)6-17-14(12)18-7-11/h3-4,6-8,19H,1-2H3,(H2,16,20)(H,17,18)/b9-3+. The number of aromatic amines is 1. The molecule has 20 heavy (non-hydrogen) atoms. The third-order valence-corrected chi connectivity index (χ3v) is 2.70. The largest absolute Gasteiger partial charge is 0.382 e. The summed E-state index contributed by atoms with van der Waals surface area (Å²) in [6, 6.07) is 3.99. The van der Waals surface area contributed by atoms with Crippen molar-refractivity contribution in [3.63, 3.8) is 0 Å². The van der Waals surface area contributed by atoms with Crippen LogP contribution in [-0.4, -0.2) is 21.9 Å². The van der Waals surface area contributed by atoms with Gasteiger partial charge in [-0.25, -0.2) is 4.98 Å². The Morgan fingerprint density at radius 3 is 2.95 bits per heavy atom. The van der Waals surface area contributed by atoms with Crippen molar-refractivity contribution in [1.82, 2.24) is 9.97 Å². The maximum absolute atomic E-state index is 11.1. The Bertz CT molecular complexity index is 721. The highest BCUT2D eigenvalue weighted by molar-refractivity contribution is 6.02. The van der Waals surface area contributed by atoms with Gasteiger partial charge in [0.15, 0.2) is 0 Å². The Morgan fingerprint density at radius 1 is 1.60 bits per heavy atom. The van der Waals surface area contributed by atoms with Crippen molar-refractivity contribution >= 4 is 28.7 Å². The Labute approximate surface area is 116 Å². The smallest absolute Gasteiger partial charge is 0.259 e. The number of carbonyl (C=O) groups excluding carboxylic acids is 1. The molecular formula is C14H15N5O. The molecule has 0 aromatic carbocycles. The van der Waals surface area contributed by atoms with Crippen LogP contribution in [-0.2, 0) is 4.79 Å². The second kappa shape index (κ2) is 5.45. The average molecular weight is 269 g/mol. The first-order valence-electron chi connectivity index (χ1n) is 6.16. The van der Waals surface area contributed by atoms with Gasteiger partial charge in [0.25, 0.3) is 5.91 Å². The second-order valence-corrected chi connectivity index (χ2v) is 4.70. The van der Waals surface area contributed by atoms with E-state index in [1.54, 1.807) is 18.5 Å². The summed E-state index contributed by atoms with van der Waals surface area (Å²) in [7, 11) is 0. The van der Waals surface area contributed by atoms with Crippen molar-refractivity contribution in [2.24, 2.45) is 5.73 Å². The summed E-state index contributed by atoms with van der Waals surface area (Å²) in [5.41, 5.74) is 7.31. The molecule has 0 fully saturated rings. The Balaban J connectivity index is 2.50. The minimum Gasteiger partial charge on any atom is -0.382 e. The number of nitrogens with zero attached hydrogens (tertiary/aromatic N) is 2. The van der Waals surface area contributed by atoms with Crippen LogP contribution in [0.1, 0.15) is 19.4 Å². The van der Waals surface area contributed by atoms with Gasteiger partial charge in [0.2, 0.25) is 0 Å². The highest BCUT2D eigenvalue weighted by atomic mass is 16.1. The lowest BCUT2D eigenvalue weighted by Gasteiger charge is -2.09. The molecule has 102 valence electrons. The number of nitrogens with one attached hydrogen (secondary N) is 2. The lowest BCUT2D eigenvalue weighted by molar-refractivity contribution is -0.114. The molecule has 0 aliphatic rings. The molecule has 0 saturated carbocycles. The summed E-state index contributed by atoms with van der Waals surface area (Å²) in [5, 5.41) is 13.0. The van der Waals surface area contributed by atoms with Crippen LogP contribution in [0.3, 0.4) is 0 Å². The van der Waals surface area contributed by atoms with Gasteiger partial charge in [0.05, 0.1) is 11.9 Å². The molecule has 0 aliphatic carbocycles. The van der Waals surface area contributed by atoms with Crippen molar-refractivity contribution < 1.29 is 4.79 Å². The van der Waals surface area contributed by atoms with Crippen LogP contribution in [0.25, 0.3) is 17.1 Å². The quantitative estimate of drug-likeness (QED) is 0.580. The third kappa shape index (κ3) is 2.78. The monoisotopic (exact) mass is 269 g/mol. The number of rotatable bonds is 4. The molecule has 0 radical (unpaired) electrons. The lowest BCUT2D eigenvalue weighted by atomic mass is 10.1. The van der Waals surface area contributed by atoms with E-state index in [2.05, 4.69) is 15.3 Å². The second-order valence-electron chi connectivity index (χ2n) is 4.70. The van der Waals surface area contributed by atoms with Gasteiger partial charge in [0.1, 0.15) is 17.3 Å². The van der Waals surface area contributed by atoms with E-state index >= 15 is 0 Å². The molecule has 0 atom stereocenters. The lowest BCUT2D eigenvalue weighted by Crippen LogP contribution is -2.12. The summed E-state index contributed by atoms with van der Waals surface area (Å²) < 4.78 is 0. The summed E-state index contributed by atoms with van der Waals surface area (Å²) in [5.74, 6) is -0.744. The van der Waals surface area contributed by atoms with E-state index in [0.29, 0.717) is 11.2 Å². The Hall–Kier alpha value is -2.81. The van der Waals surface area contributed by atoms with Gasteiger partial charge in [-0.3, -0.25) is 4.79 Å². The Kier molecular flexibility index (Phi) is 3.71. The number of primary amides is 1. The van der Waals surface area contributed by atoms with Gasteiger partial charge < -0.3 is 16.0 Å².